The zero-order valence-corrected chi connectivity index (χ0v) is 17.3. The van der Waals surface area contributed by atoms with Gasteiger partial charge in [0.15, 0.2) is 5.76 Å². The molecule has 1 aromatic heterocycles. The summed E-state index contributed by atoms with van der Waals surface area (Å²) in [6.45, 7) is 4.48. The third-order valence-corrected chi connectivity index (χ3v) is 4.84. The van der Waals surface area contributed by atoms with Crippen LogP contribution in [0.15, 0.2) is 39.5 Å². The van der Waals surface area contributed by atoms with Crippen molar-refractivity contribution in [3.63, 3.8) is 0 Å². The maximum absolute atomic E-state index is 11.9. The third-order valence-electron chi connectivity index (χ3n) is 4.84. The van der Waals surface area contributed by atoms with Gasteiger partial charge >= 0.3 is 0 Å². The van der Waals surface area contributed by atoms with Crippen LogP contribution in [0.1, 0.15) is 74.9 Å². The van der Waals surface area contributed by atoms with E-state index in [0.717, 1.165) is 18.6 Å². The molecule has 0 aliphatic heterocycles. The van der Waals surface area contributed by atoms with Crippen LogP contribution in [0, 0.1) is 6.92 Å². The Morgan fingerprint density at radius 2 is 1.79 bits per heavy atom. The Morgan fingerprint density at radius 1 is 1.14 bits per heavy atom. The molecule has 6 nitrogen and oxygen atoms in total. The highest BCUT2D eigenvalue weighted by Gasteiger charge is 2.25. The molecule has 0 fully saturated rings. The molecular weight excluding hydrogens is 370 g/mol. The molecule has 1 unspecified atom stereocenters. The molecule has 0 aliphatic carbocycles. The SMILES string of the molecule is CCCCCCCCOc1ccc(C(CC(N)=O)c2oc(C)cc(=O)c2O)cc1. The van der Waals surface area contributed by atoms with Gasteiger partial charge in [-0.25, -0.2) is 0 Å². The molecule has 0 aliphatic rings. The number of hydrogen-bond donors (Lipinski definition) is 2. The molecule has 2 rings (SSSR count). The molecule has 0 saturated carbocycles. The molecule has 2 aromatic rings. The quantitative estimate of drug-likeness (QED) is 0.513. The summed E-state index contributed by atoms with van der Waals surface area (Å²) in [5, 5.41) is 10.2. The van der Waals surface area contributed by atoms with Gasteiger partial charge in [0.05, 0.1) is 12.5 Å². The van der Waals surface area contributed by atoms with Crippen LogP contribution in [-0.4, -0.2) is 17.6 Å². The third kappa shape index (κ3) is 6.97. The first-order valence-electron chi connectivity index (χ1n) is 10.3. The van der Waals surface area contributed by atoms with Crippen molar-refractivity contribution in [1.29, 1.82) is 0 Å². The zero-order valence-electron chi connectivity index (χ0n) is 17.3. The number of nitrogens with two attached hydrogens (primary N) is 1. The molecule has 158 valence electrons. The highest BCUT2D eigenvalue weighted by Crippen LogP contribution is 2.33. The standard InChI is InChI=1S/C23H31NO5/c1-3-4-5-6-7-8-13-28-18-11-9-17(10-12-18)19(15-21(24)26)23-22(27)20(25)14-16(2)29-23/h9-12,14,19,27H,3-8,13,15H2,1-2H3,(H2,24,26). The second kappa shape index (κ2) is 11.3. The molecule has 0 saturated heterocycles. The van der Waals surface area contributed by atoms with Gasteiger partial charge in [-0.3, -0.25) is 9.59 Å². The van der Waals surface area contributed by atoms with Crippen LogP contribution in [-0.2, 0) is 4.79 Å². The van der Waals surface area contributed by atoms with Gasteiger partial charge in [0.25, 0.3) is 0 Å². The van der Waals surface area contributed by atoms with Gasteiger partial charge in [0.2, 0.25) is 17.1 Å². The highest BCUT2D eigenvalue weighted by molar-refractivity contribution is 5.75. The Morgan fingerprint density at radius 3 is 2.45 bits per heavy atom. The summed E-state index contributed by atoms with van der Waals surface area (Å²) in [6.07, 6.45) is 7.11. The highest BCUT2D eigenvalue weighted by atomic mass is 16.5. The van der Waals surface area contributed by atoms with E-state index in [9.17, 15) is 14.7 Å². The van der Waals surface area contributed by atoms with E-state index in [1.54, 1.807) is 19.1 Å². The number of carbonyl (C=O) groups is 1. The van der Waals surface area contributed by atoms with Crippen LogP contribution in [0.3, 0.4) is 0 Å². The second-order valence-electron chi connectivity index (χ2n) is 7.34. The molecule has 6 heteroatoms. The van der Waals surface area contributed by atoms with Gasteiger partial charge in [0, 0.05) is 12.5 Å². The van der Waals surface area contributed by atoms with Crippen LogP contribution in [0.2, 0.25) is 0 Å². The number of benzene rings is 1. The maximum atomic E-state index is 11.9. The lowest BCUT2D eigenvalue weighted by atomic mass is 9.92. The summed E-state index contributed by atoms with van der Waals surface area (Å²) < 4.78 is 11.3. The van der Waals surface area contributed by atoms with E-state index in [1.807, 2.05) is 12.1 Å². The van der Waals surface area contributed by atoms with Gasteiger partial charge in [-0.2, -0.15) is 0 Å². The van der Waals surface area contributed by atoms with Crippen molar-refractivity contribution in [2.24, 2.45) is 5.73 Å². The summed E-state index contributed by atoms with van der Waals surface area (Å²) in [5.74, 6) is -0.555. The fraction of sp³-hybridized carbons (Fsp3) is 0.478. The van der Waals surface area contributed by atoms with Gasteiger partial charge in [0.1, 0.15) is 11.5 Å². The Labute approximate surface area is 171 Å². The van der Waals surface area contributed by atoms with Crippen molar-refractivity contribution in [1.82, 2.24) is 0 Å². The predicted molar refractivity (Wildman–Crippen MR) is 112 cm³/mol. The van der Waals surface area contributed by atoms with Crippen LogP contribution in [0.4, 0.5) is 0 Å². The number of unbranched alkanes of at least 4 members (excludes halogenated alkanes) is 5. The smallest absolute Gasteiger partial charge is 0.227 e. The molecule has 0 bridgehead atoms. The monoisotopic (exact) mass is 401 g/mol. The van der Waals surface area contributed by atoms with E-state index in [1.165, 1.54) is 31.7 Å². The molecule has 3 N–H and O–H groups in total. The van der Waals surface area contributed by atoms with E-state index in [2.05, 4.69) is 6.92 Å². The summed E-state index contributed by atoms with van der Waals surface area (Å²) in [6, 6.07) is 8.42. The average Bonchev–Trinajstić information content (AvgIpc) is 2.69. The molecular formula is C23H31NO5. The Hall–Kier alpha value is -2.76. The first kappa shape index (κ1) is 22.5. The number of rotatable bonds is 12. The number of aryl methyl sites for hydroxylation is 1. The zero-order chi connectivity index (χ0) is 21.2. The molecule has 0 spiro atoms. The topological polar surface area (TPSA) is 103 Å². The van der Waals surface area contributed by atoms with Gasteiger partial charge < -0.3 is 20.0 Å². The molecule has 0 radical (unpaired) electrons. The van der Waals surface area contributed by atoms with E-state index >= 15 is 0 Å². The molecule has 1 atom stereocenters. The van der Waals surface area contributed by atoms with E-state index in [4.69, 9.17) is 14.9 Å². The van der Waals surface area contributed by atoms with E-state index in [-0.39, 0.29) is 12.2 Å². The van der Waals surface area contributed by atoms with E-state index in [0.29, 0.717) is 17.9 Å². The van der Waals surface area contributed by atoms with Crippen molar-refractivity contribution in [3.05, 3.63) is 57.6 Å². The summed E-state index contributed by atoms with van der Waals surface area (Å²) in [7, 11) is 0. The number of aromatic hydroxyl groups is 1. The first-order chi connectivity index (χ1) is 13.9. The normalized spacial score (nSPS) is 11.9. The fourth-order valence-corrected chi connectivity index (χ4v) is 3.29. The first-order valence-corrected chi connectivity index (χ1v) is 10.3. The lowest BCUT2D eigenvalue weighted by Crippen LogP contribution is -2.17. The fourth-order valence-electron chi connectivity index (χ4n) is 3.29. The number of ether oxygens (including phenoxy) is 1. The minimum atomic E-state index is -0.646. The molecule has 29 heavy (non-hydrogen) atoms. The van der Waals surface area contributed by atoms with E-state index < -0.39 is 23.0 Å². The van der Waals surface area contributed by atoms with Gasteiger partial charge in [-0.1, -0.05) is 51.2 Å². The van der Waals surface area contributed by atoms with Gasteiger partial charge in [-0.05, 0) is 31.0 Å². The van der Waals surface area contributed by atoms with Crippen LogP contribution >= 0.6 is 0 Å². The molecule has 1 aromatic carbocycles. The number of hydrogen-bond acceptors (Lipinski definition) is 5. The minimum Gasteiger partial charge on any atom is -0.502 e. The maximum Gasteiger partial charge on any atom is 0.227 e. The predicted octanol–water partition coefficient (Wildman–Crippen LogP) is 4.40. The number of amides is 1. The molecule has 1 amide bonds. The van der Waals surface area contributed by atoms with Crippen molar-refractivity contribution < 1.29 is 19.1 Å². The second-order valence-corrected chi connectivity index (χ2v) is 7.34. The van der Waals surface area contributed by atoms with Crippen LogP contribution < -0.4 is 15.9 Å². The Kier molecular flexibility index (Phi) is 8.77. The Balaban J connectivity index is 2.06. The lowest BCUT2D eigenvalue weighted by molar-refractivity contribution is -0.118. The summed E-state index contributed by atoms with van der Waals surface area (Å²) in [4.78, 5) is 23.5. The summed E-state index contributed by atoms with van der Waals surface area (Å²) >= 11 is 0. The van der Waals surface area contributed by atoms with Crippen molar-refractivity contribution >= 4 is 5.91 Å². The van der Waals surface area contributed by atoms with Crippen LogP contribution in [0.25, 0.3) is 0 Å². The minimum absolute atomic E-state index is 0.0505. The van der Waals surface area contributed by atoms with Crippen molar-refractivity contribution in [2.45, 2.75) is 64.7 Å². The summed E-state index contributed by atoms with van der Waals surface area (Å²) in [5.41, 5.74) is 5.55. The van der Waals surface area contributed by atoms with Gasteiger partial charge in [-0.15, -0.1) is 0 Å². The van der Waals surface area contributed by atoms with Crippen molar-refractivity contribution in [2.75, 3.05) is 6.61 Å². The number of carbonyl (C=O) groups excluding carboxylic acids is 1. The largest absolute Gasteiger partial charge is 0.502 e. The lowest BCUT2D eigenvalue weighted by Gasteiger charge is -2.17. The van der Waals surface area contributed by atoms with Crippen molar-refractivity contribution in [3.8, 4) is 11.5 Å². The number of primary amides is 1. The molecule has 1 heterocycles. The Bertz CT molecular complexity index is 841. The average molecular weight is 402 g/mol. The van der Waals surface area contributed by atoms with Crippen LogP contribution in [0.5, 0.6) is 11.5 Å².